The summed E-state index contributed by atoms with van der Waals surface area (Å²) >= 11 is 0. The van der Waals surface area contributed by atoms with Crippen molar-refractivity contribution in [3.05, 3.63) is 36.0 Å². The second-order valence-corrected chi connectivity index (χ2v) is 5.33. The molecule has 1 aromatic heterocycles. The average Bonchev–Trinajstić information content (AvgIpc) is 3.06. The molecular weight excluding hydrogens is 296 g/mol. The maximum absolute atomic E-state index is 11.3. The van der Waals surface area contributed by atoms with Gasteiger partial charge in [-0.1, -0.05) is 12.1 Å². The molecule has 1 aliphatic rings. The molecule has 1 fully saturated rings. The number of nitrogens with two attached hydrogens (primary N) is 2. The summed E-state index contributed by atoms with van der Waals surface area (Å²) in [5.41, 5.74) is 12.3. The van der Waals surface area contributed by atoms with Gasteiger partial charge in [0.05, 0.1) is 11.8 Å². The zero-order valence-electron chi connectivity index (χ0n) is 12.6. The van der Waals surface area contributed by atoms with Gasteiger partial charge in [0.2, 0.25) is 5.95 Å². The zero-order valence-corrected chi connectivity index (χ0v) is 12.6. The van der Waals surface area contributed by atoms with Crippen LogP contribution in [0, 0.1) is 0 Å². The first kappa shape index (κ1) is 15.2. The molecule has 1 aromatic carbocycles. The lowest BCUT2D eigenvalue weighted by Gasteiger charge is -2.12. The maximum Gasteiger partial charge on any atom is 0.267 e. The van der Waals surface area contributed by atoms with Gasteiger partial charge < -0.3 is 20.9 Å². The van der Waals surface area contributed by atoms with E-state index in [1.165, 1.54) is 6.07 Å². The molecule has 1 aliphatic heterocycles. The Bertz CT molecular complexity index is 714. The molecular formula is C16H18N4O3. The number of ether oxygens (including phenoxy) is 2. The van der Waals surface area contributed by atoms with E-state index in [2.05, 4.69) is 9.97 Å². The van der Waals surface area contributed by atoms with Crippen molar-refractivity contribution in [1.82, 2.24) is 9.97 Å². The highest BCUT2D eigenvalue weighted by atomic mass is 16.5. The minimum absolute atomic E-state index is 0.00183. The predicted octanol–water partition coefficient (Wildman–Crippen LogP) is 1.38. The number of nitrogens with zero attached hydrogens (tertiary/aromatic N) is 2. The SMILES string of the molecule is NC(=O)c1cc(-c2cccc(OCC3CCCO3)c2)nc(N)n1. The fourth-order valence-electron chi connectivity index (χ4n) is 2.45. The highest BCUT2D eigenvalue weighted by molar-refractivity contribution is 5.92. The highest BCUT2D eigenvalue weighted by Crippen LogP contribution is 2.24. The Morgan fingerprint density at radius 2 is 2.22 bits per heavy atom. The minimum Gasteiger partial charge on any atom is -0.491 e. The lowest BCUT2D eigenvalue weighted by molar-refractivity contribution is 0.0680. The topological polar surface area (TPSA) is 113 Å². The van der Waals surface area contributed by atoms with Gasteiger partial charge in [0.1, 0.15) is 18.1 Å². The van der Waals surface area contributed by atoms with Gasteiger partial charge in [-0.05, 0) is 31.0 Å². The van der Waals surface area contributed by atoms with Gasteiger partial charge in [-0.15, -0.1) is 0 Å². The van der Waals surface area contributed by atoms with Crippen LogP contribution in [0.15, 0.2) is 30.3 Å². The van der Waals surface area contributed by atoms with Crippen molar-refractivity contribution in [3.8, 4) is 17.0 Å². The number of anilines is 1. The molecule has 120 valence electrons. The first-order valence-corrected chi connectivity index (χ1v) is 7.41. The summed E-state index contributed by atoms with van der Waals surface area (Å²) in [6.45, 7) is 1.31. The third-order valence-corrected chi connectivity index (χ3v) is 3.59. The second-order valence-electron chi connectivity index (χ2n) is 5.33. The van der Waals surface area contributed by atoms with E-state index in [0.29, 0.717) is 18.1 Å². The van der Waals surface area contributed by atoms with Crippen LogP contribution in [0.1, 0.15) is 23.3 Å². The van der Waals surface area contributed by atoms with Crippen molar-refractivity contribution in [2.75, 3.05) is 18.9 Å². The number of aromatic nitrogens is 2. The third kappa shape index (κ3) is 3.75. The van der Waals surface area contributed by atoms with E-state index in [1.807, 2.05) is 24.3 Å². The van der Waals surface area contributed by atoms with Gasteiger partial charge in [-0.2, -0.15) is 0 Å². The molecule has 1 unspecified atom stereocenters. The molecule has 1 amide bonds. The predicted molar refractivity (Wildman–Crippen MR) is 84.9 cm³/mol. The molecule has 0 aliphatic carbocycles. The standard InChI is InChI=1S/C16H18N4O3/c17-15(21)14-8-13(19-16(18)20-14)10-3-1-4-11(7-10)23-9-12-5-2-6-22-12/h1,3-4,7-8,12H,2,5-6,9H2,(H2,17,21)(H2,18,19,20). The number of hydrogen-bond donors (Lipinski definition) is 2. The molecule has 2 aromatic rings. The number of nitrogen functional groups attached to an aromatic ring is 1. The van der Waals surface area contributed by atoms with Crippen LogP contribution in [0.3, 0.4) is 0 Å². The van der Waals surface area contributed by atoms with Crippen LogP contribution in [0.4, 0.5) is 5.95 Å². The third-order valence-electron chi connectivity index (χ3n) is 3.59. The number of carbonyl (C=O) groups excluding carboxylic acids is 1. The Hall–Kier alpha value is -2.67. The number of amides is 1. The Kier molecular flexibility index (Phi) is 4.38. The first-order valence-electron chi connectivity index (χ1n) is 7.41. The number of benzene rings is 1. The van der Waals surface area contributed by atoms with Gasteiger partial charge in [0.25, 0.3) is 5.91 Å². The molecule has 3 rings (SSSR count). The first-order chi connectivity index (χ1) is 11.1. The van der Waals surface area contributed by atoms with Crippen molar-refractivity contribution >= 4 is 11.9 Å². The Morgan fingerprint density at radius 3 is 2.96 bits per heavy atom. The largest absolute Gasteiger partial charge is 0.491 e. The van der Waals surface area contributed by atoms with Gasteiger partial charge in [-0.3, -0.25) is 4.79 Å². The van der Waals surface area contributed by atoms with Gasteiger partial charge in [0, 0.05) is 12.2 Å². The summed E-state index contributed by atoms with van der Waals surface area (Å²) in [6.07, 6.45) is 2.24. The summed E-state index contributed by atoms with van der Waals surface area (Å²) < 4.78 is 11.3. The monoisotopic (exact) mass is 314 g/mol. The highest BCUT2D eigenvalue weighted by Gasteiger charge is 2.16. The Morgan fingerprint density at radius 1 is 1.35 bits per heavy atom. The van der Waals surface area contributed by atoms with Crippen LogP contribution in [-0.4, -0.2) is 35.2 Å². The molecule has 4 N–H and O–H groups in total. The van der Waals surface area contributed by atoms with E-state index in [1.54, 1.807) is 0 Å². The van der Waals surface area contributed by atoms with Crippen LogP contribution in [0.5, 0.6) is 5.75 Å². The molecule has 0 bridgehead atoms. The molecule has 2 heterocycles. The van der Waals surface area contributed by atoms with Crippen molar-refractivity contribution < 1.29 is 14.3 Å². The molecule has 7 nitrogen and oxygen atoms in total. The summed E-state index contributed by atoms with van der Waals surface area (Å²) in [5.74, 6) is 0.0592. The van der Waals surface area contributed by atoms with Crippen LogP contribution in [0.2, 0.25) is 0 Å². The quantitative estimate of drug-likeness (QED) is 0.862. The fraction of sp³-hybridized carbons (Fsp3) is 0.312. The van der Waals surface area contributed by atoms with Crippen LogP contribution in [-0.2, 0) is 4.74 Å². The fourth-order valence-corrected chi connectivity index (χ4v) is 2.45. The molecule has 0 saturated carbocycles. The van der Waals surface area contributed by atoms with E-state index in [9.17, 15) is 4.79 Å². The summed E-state index contributed by atoms with van der Waals surface area (Å²) in [4.78, 5) is 19.2. The molecule has 0 radical (unpaired) electrons. The summed E-state index contributed by atoms with van der Waals surface area (Å²) in [7, 11) is 0. The van der Waals surface area contributed by atoms with E-state index in [0.717, 1.165) is 25.0 Å². The molecule has 1 atom stereocenters. The molecule has 0 spiro atoms. The maximum atomic E-state index is 11.3. The molecule has 7 heteroatoms. The van der Waals surface area contributed by atoms with Crippen molar-refractivity contribution in [1.29, 1.82) is 0 Å². The van der Waals surface area contributed by atoms with Crippen molar-refractivity contribution in [2.24, 2.45) is 5.73 Å². The summed E-state index contributed by atoms with van der Waals surface area (Å²) in [6, 6.07) is 8.91. The number of primary amides is 1. The van der Waals surface area contributed by atoms with Gasteiger partial charge >= 0.3 is 0 Å². The van der Waals surface area contributed by atoms with Crippen LogP contribution >= 0.6 is 0 Å². The van der Waals surface area contributed by atoms with E-state index >= 15 is 0 Å². The van der Waals surface area contributed by atoms with E-state index in [-0.39, 0.29) is 17.7 Å². The molecule has 1 saturated heterocycles. The Labute approximate surface area is 133 Å². The number of rotatable bonds is 5. The number of hydrogen-bond acceptors (Lipinski definition) is 6. The lowest BCUT2D eigenvalue weighted by atomic mass is 10.1. The van der Waals surface area contributed by atoms with Gasteiger partial charge in [-0.25, -0.2) is 9.97 Å². The van der Waals surface area contributed by atoms with Crippen molar-refractivity contribution in [2.45, 2.75) is 18.9 Å². The second kappa shape index (κ2) is 6.62. The van der Waals surface area contributed by atoms with Crippen LogP contribution < -0.4 is 16.2 Å². The zero-order chi connectivity index (χ0) is 16.2. The van der Waals surface area contributed by atoms with E-state index in [4.69, 9.17) is 20.9 Å². The molecule has 23 heavy (non-hydrogen) atoms. The summed E-state index contributed by atoms with van der Waals surface area (Å²) in [5, 5.41) is 0. The van der Waals surface area contributed by atoms with Crippen molar-refractivity contribution in [3.63, 3.8) is 0 Å². The lowest BCUT2D eigenvalue weighted by Crippen LogP contribution is -2.16. The van der Waals surface area contributed by atoms with Crippen LogP contribution in [0.25, 0.3) is 11.3 Å². The Balaban J connectivity index is 1.80. The minimum atomic E-state index is -0.647. The smallest absolute Gasteiger partial charge is 0.267 e. The van der Waals surface area contributed by atoms with E-state index < -0.39 is 5.91 Å². The number of carbonyl (C=O) groups is 1. The van der Waals surface area contributed by atoms with Gasteiger partial charge in [0.15, 0.2) is 0 Å². The normalized spacial score (nSPS) is 17.1. The average molecular weight is 314 g/mol.